The third-order valence-corrected chi connectivity index (χ3v) is 6.76. The Morgan fingerprint density at radius 3 is 2.50 bits per heavy atom. The second kappa shape index (κ2) is 10.7. The number of methoxy groups -OCH3 is 1. The quantitative estimate of drug-likeness (QED) is 0.474. The molecule has 1 fully saturated rings. The Morgan fingerprint density at radius 2 is 1.79 bits per heavy atom. The number of rotatable bonds is 9. The lowest BCUT2D eigenvalue weighted by Gasteiger charge is -2.12. The zero-order chi connectivity index (χ0) is 24.0. The van der Waals surface area contributed by atoms with E-state index in [9.17, 15) is 13.2 Å². The molecule has 4 rings (SSSR count). The van der Waals surface area contributed by atoms with Gasteiger partial charge in [-0.15, -0.1) is 0 Å². The van der Waals surface area contributed by atoms with Crippen molar-refractivity contribution >= 4 is 21.6 Å². The number of sulfonamides is 1. The monoisotopic (exact) mass is 482 g/mol. The van der Waals surface area contributed by atoms with Gasteiger partial charge in [-0.3, -0.25) is 4.79 Å². The van der Waals surface area contributed by atoms with Crippen LogP contribution in [0.5, 0.6) is 17.2 Å². The summed E-state index contributed by atoms with van der Waals surface area (Å²) in [5.41, 5.74) is 0.775. The van der Waals surface area contributed by atoms with E-state index in [1.165, 1.54) is 12.1 Å². The lowest BCUT2D eigenvalue weighted by atomic mass is 10.2. The van der Waals surface area contributed by atoms with Crippen molar-refractivity contribution in [3.63, 3.8) is 0 Å². The van der Waals surface area contributed by atoms with Crippen LogP contribution >= 0.6 is 0 Å². The predicted octanol–water partition coefficient (Wildman–Crippen LogP) is 4.20. The lowest BCUT2D eigenvalue weighted by Crippen LogP contribution is -2.32. The fourth-order valence-corrected chi connectivity index (χ4v) is 4.65. The zero-order valence-corrected chi connectivity index (χ0v) is 19.5. The van der Waals surface area contributed by atoms with Crippen LogP contribution in [-0.2, 0) is 14.8 Å². The molecular weight excluding hydrogens is 456 g/mol. The van der Waals surface area contributed by atoms with Gasteiger partial charge in [0.15, 0.2) is 11.5 Å². The van der Waals surface area contributed by atoms with Gasteiger partial charge in [0.05, 0.1) is 18.1 Å². The van der Waals surface area contributed by atoms with Gasteiger partial charge in [-0.25, -0.2) is 13.1 Å². The summed E-state index contributed by atoms with van der Waals surface area (Å²) in [5.74, 6) is 1.34. The smallest absolute Gasteiger partial charge is 0.255 e. The SMILES string of the molecule is COc1ccccc1Oc1ccc(NC(=O)c2cccc(S(=O)(=O)NCC3CCCO3)c2)cc1. The Labute approximate surface area is 198 Å². The summed E-state index contributed by atoms with van der Waals surface area (Å²) in [4.78, 5) is 12.8. The molecule has 0 saturated carbocycles. The number of amides is 1. The molecule has 0 aliphatic carbocycles. The number of benzene rings is 3. The molecule has 1 heterocycles. The van der Waals surface area contributed by atoms with Gasteiger partial charge in [-0.2, -0.15) is 0 Å². The molecule has 1 aliphatic rings. The van der Waals surface area contributed by atoms with E-state index in [2.05, 4.69) is 10.0 Å². The Hall–Kier alpha value is -3.40. The van der Waals surface area contributed by atoms with Gasteiger partial charge in [-0.1, -0.05) is 18.2 Å². The van der Waals surface area contributed by atoms with E-state index < -0.39 is 15.9 Å². The van der Waals surface area contributed by atoms with Crippen LogP contribution < -0.4 is 19.5 Å². The number of carbonyl (C=O) groups excluding carboxylic acids is 1. The summed E-state index contributed by atoms with van der Waals surface area (Å²) in [6.07, 6.45) is 1.64. The van der Waals surface area contributed by atoms with Crippen LogP contribution in [0.2, 0.25) is 0 Å². The van der Waals surface area contributed by atoms with E-state index in [0.717, 1.165) is 12.8 Å². The molecule has 1 unspecified atom stereocenters. The molecule has 2 N–H and O–H groups in total. The minimum atomic E-state index is -3.75. The second-order valence-corrected chi connectivity index (χ2v) is 9.51. The molecule has 8 nitrogen and oxygen atoms in total. The highest BCUT2D eigenvalue weighted by molar-refractivity contribution is 7.89. The summed E-state index contributed by atoms with van der Waals surface area (Å²) in [6, 6.07) is 20.1. The van der Waals surface area contributed by atoms with E-state index in [1.54, 1.807) is 55.6 Å². The Morgan fingerprint density at radius 1 is 1.03 bits per heavy atom. The number of ether oxygens (including phenoxy) is 3. The van der Waals surface area contributed by atoms with Crippen LogP contribution in [0.25, 0.3) is 0 Å². The zero-order valence-electron chi connectivity index (χ0n) is 18.7. The minimum absolute atomic E-state index is 0.0266. The molecule has 1 atom stereocenters. The topological polar surface area (TPSA) is 103 Å². The van der Waals surface area contributed by atoms with Crippen molar-refractivity contribution in [1.82, 2.24) is 4.72 Å². The molecule has 1 saturated heterocycles. The average Bonchev–Trinajstić information content (AvgIpc) is 3.38. The Kier molecular flexibility index (Phi) is 7.46. The number of nitrogens with one attached hydrogen (secondary N) is 2. The molecule has 0 aromatic heterocycles. The number of para-hydroxylation sites is 2. The maximum Gasteiger partial charge on any atom is 0.255 e. The van der Waals surface area contributed by atoms with Crippen molar-refractivity contribution < 1.29 is 27.4 Å². The predicted molar refractivity (Wildman–Crippen MR) is 128 cm³/mol. The standard InChI is InChI=1S/C25H26N2O6S/c1-31-23-9-2-3-10-24(23)33-20-13-11-19(12-14-20)27-25(28)18-6-4-8-22(16-18)34(29,30)26-17-21-7-5-15-32-21/h2-4,6,8-14,16,21,26H,5,7,15,17H2,1H3,(H,27,28). The van der Waals surface area contributed by atoms with Gasteiger partial charge in [0.2, 0.25) is 10.0 Å². The summed E-state index contributed by atoms with van der Waals surface area (Å²) in [5, 5.41) is 2.77. The van der Waals surface area contributed by atoms with Gasteiger partial charge in [0.1, 0.15) is 5.75 Å². The molecule has 178 valence electrons. The molecular formula is C25H26N2O6S. The first-order valence-corrected chi connectivity index (χ1v) is 12.4. The minimum Gasteiger partial charge on any atom is -0.493 e. The maximum absolute atomic E-state index is 12.7. The van der Waals surface area contributed by atoms with E-state index in [1.807, 2.05) is 12.1 Å². The van der Waals surface area contributed by atoms with E-state index >= 15 is 0 Å². The highest BCUT2D eigenvalue weighted by Gasteiger charge is 2.21. The number of carbonyl (C=O) groups is 1. The van der Waals surface area contributed by atoms with Crippen LogP contribution in [0.3, 0.4) is 0 Å². The van der Waals surface area contributed by atoms with Crippen molar-refractivity contribution in [3.05, 3.63) is 78.4 Å². The summed E-state index contributed by atoms with van der Waals surface area (Å²) in [6.45, 7) is 0.859. The summed E-state index contributed by atoms with van der Waals surface area (Å²) >= 11 is 0. The third-order valence-electron chi connectivity index (χ3n) is 5.34. The normalized spacial score (nSPS) is 15.6. The lowest BCUT2D eigenvalue weighted by molar-refractivity contribution is 0.102. The fourth-order valence-electron chi connectivity index (χ4n) is 3.54. The van der Waals surface area contributed by atoms with E-state index in [0.29, 0.717) is 29.5 Å². The first-order valence-electron chi connectivity index (χ1n) is 10.9. The molecule has 0 bridgehead atoms. The van der Waals surface area contributed by atoms with Gasteiger partial charge >= 0.3 is 0 Å². The van der Waals surface area contributed by atoms with Crippen molar-refractivity contribution in [3.8, 4) is 17.2 Å². The van der Waals surface area contributed by atoms with Crippen LogP contribution in [0.4, 0.5) is 5.69 Å². The van der Waals surface area contributed by atoms with Crippen molar-refractivity contribution in [2.24, 2.45) is 0 Å². The molecule has 34 heavy (non-hydrogen) atoms. The van der Waals surface area contributed by atoms with Crippen LogP contribution in [-0.4, -0.2) is 40.7 Å². The first-order chi connectivity index (χ1) is 16.4. The number of hydrogen-bond acceptors (Lipinski definition) is 6. The molecule has 1 aliphatic heterocycles. The largest absolute Gasteiger partial charge is 0.493 e. The van der Waals surface area contributed by atoms with Crippen molar-refractivity contribution in [2.75, 3.05) is 25.6 Å². The molecule has 9 heteroatoms. The highest BCUT2D eigenvalue weighted by Crippen LogP contribution is 2.31. The summed E-state index contributed by atoms with van der Waals surface area (Å²) < 4.78 is 44.4. The van der Waals surface area contributed by atoms with Gasteiger partial charge < -0.3 is 19.5 Å². The fraction of sp³-hybridized carbons (Fsp3) is 0.240. The van der Waals surface area contributed by atoms with Crippen LogP contribution in [0.1, 0.15) is 23.2 Å². The van der Waals surface area contributed by atoms with Gasteiger partial charge in [-0.05, 0) is 67.4 Å². The van der Waals surface area contributed by atoms with Crippen LogP contribution in [0, 0.1) is 0 Å². The molecule has 3 aromatic carbocycles. The third kappa shape index (κ3) is 5.93. The summed E-state index contributed by atoms with van der Waals surface area (Å²) in [7, 11) is -2.18. The molecule has 1 amide bonds. The first kappa shape index (κ1) is 23.7. The molecule has 0 radical (unpaired) electrons. The van der Waals surface area contributed by atoms with Gasteiger partial charge in [0, 0.05) is 24.4 Å². The van der Waals surface area contributed by atoms with E-state index in [4.69, 9.17) is 14.2 Å². The Bertz CT molecular complexity index is 1240. The van der Waals surface area contributed by atoms with E-state index in [-0.39, 0.29) is 23.1 Å². The maximum atomic E-state index is 12.7. The Balaban J connectivity index is 1.39. The second-order valence-electron chi connectivity index (χ2n) is 7.75. The number of anilines is 1. The molecule has 3 aromatic rings. The van der Waals surface area contributed by atoms with Crippen LogP contribution in [0.15, 0.2) is 77.7 Å². The van der Waals surface area contributed by atoms with Crippen molar-refractivity contribution in [1.29, 1.82) is 0 Å². The average molecular weight is 483 g/mol. The number of hydrogen-bond donors (Lipinski definition) is 2. The van der Waals surface area contributed by atoms with Crippen molar-refractivity contribution in [2.45, 2.75) is 23.8 Å². The van der Waals surface area contributed by atoms with Gasteiger partial charge in [0.25, 0.3) is 5.91 Å². The highest BCUT2D eigenvalue weighted by atomic mass is 32.2. The molecule has 0 spiro atoms.